The minimum atomic E-state index is 0.991. The molecule has 17 heavy (non-hydrogen) atoms. The van der Waals surface area contributed by atoms with Crippen molar-refractivity contribution in [2.24, 2.45) is 4.99 Å². The minimum absolute atomic E-state index is 0.991. The quantitative estimate of drug-likeness (QED) is 0.640. The van der Waals surface area contributed by atoms with Gasteiger partial charge in [-0.05, 0) is 35.1 Å². The molecule has 1 heterocycles. The van der Waals surface area contributed by atoms with Crippen LogP contribution in [-0.4, -0.2) is 6.21 Å². The molecule has 82 valence electrons. The van der Waals surface area contributed by atoms with E-state index >= 15 is 0 Å². The summed E-state index contributed by atoms with van der Waals surface area (Å²) >= 11 is 0. The first-order valence-electron chi connectivity index (χ1n) is 6.19. The van der Waals surface area contributed by atoms with Crippen LogP contribution in [0, 0.1) is 0 Å². The molecule has 0 N–H and O–H groups in total. The number of aliphatic imine (C=N–C) groups is 1. The van der Waals surface area contributed by atoms with Gasteiger partial charge >= 0.3 is 0 Å². The highest BCUT2D eigenvalue weighted by Crippen LogP contribution is 2.43. The summed E-state index contributed by atoms with van der Waals surface area (Å²) in [5, 5.41) is 0. The summed E-state index contributed by atoms with van der Waals surface area (Å²) in [4.78, 5) is 4.59. The van der Waals surface area contributed by atoms with Crippen LogP contribution in [0.1, 0.15) is 16.7 Å². The lowest BCUT2D eigenvalue weighted by molar-refractivity contribution is 0.941. The number of nitrogens with zero attached hydrogens (tertiary/aromatic N) is 1. The summed E-state index contributed by atoms with van der Waals surface area (Å²) in [6.07, 6.45) is 5.33. The number of aryl methyl sites for hydroxylation is 2. The zero-order valence-corrected chi connectivity index (χ0v) is 9.61. The van der Waals surface area contributed by atoms with Gasteiger partial charge < -0.3 is 0 Å². The Bertz CT molecular complexity index is 638. The van der Waals surface area contributed by atoms with Crippen LogP contribution < -0.4 is 0 Å². The normalized spacial score (nSPS) is 15.3. The van der Waals surface area contributed by atoms with E-state index in [1.807, 2.05) is 6.21 Å². The highest BCUT2D eigenvalue weighted by atomic mass is 14.8. The number of hydrogen-bond acceptors (Lipinski definition) is 1. The van der Waals surface area contributed by atoms with Gasteiger partial charge in [0.2, 0.25) is 0 Å². The molecule has 0 aromatic heterocycles. The third kappa shape index (κ3) is 1.22. The van der Waals surface area contributed by atoms with Gasteiger partial charge in [-0.15, -0.1) is 0 Å². The maximum atomic E-state index is 4.59. The molecule has 2 aliphatic rings. The van der Waals surface area contributed by atoms with Crippen LogP contribution >= 0.6 is 0 Å². The van der Waals surface area contributed by atoms with Crippen molar-refractivity contribution in [1.82, 2.24) is 0 Å². The Balaban J connectivity index is 2.08. The van der Waals surface area contributed by atoms with Gasteiger partial charge in [0, 0.05) is 18.2 Å². The molecule has 1 nitrogen and oxygen atoms in total. The number of benzene rings is 2. The van der Waals surface area contributed by atoms with Crippen molar-refractivity contribution in [1.29, 1.82) is 0 Å². The van der Waals surface area contributed by atoms with Crippen molar-refractivity contribution in [2.75, 3.05) is 0 Å². The van der Waals surface area contributed by atoms with Gasteiger partial charge in [0.15, 0.2) is 0 Å². The van der Waals surface area contributed by atoms with Gasteiger partial charge in [-0.2, -0.15) is 0 Å². The second-order valence-corrected chi connectivity index (χ2v) is 4.78. The molecule has 0 bridgehead atoms. The third-order valence-electron chi connectivity index (χ3n) is 3.83. The summed E-state index contributed by atoms with van der Waals surface area (Å²) in [5.41, 5.74) is 8.30. The van der Waals surface area contributed by atoms with Crippen molar-refractivity contribution < 1.29 is 0 Å². The van der Waals surface area contributed by atoms with Gasteiger partial charge in [0.1, 0.15) is 0 Å². The fraction of sp³-hybridized carbons (Fsp3) is 0.188. The largest absolute Gasteiger partial charge is 0.260 e. The van der Waals surface area contributed by atoms with Gasteiger partial charge in [0.05, 0.1) is 5.69 Å². The number of rotatable bonds is 0. The highest BCUT2D eigenvalue weighted by Gasteiger charge is 2.21. The molecule has 0 radical (unpaired) electrons. The molecule has 2 aromatic rings. The molecule has 0 unspecified atom stereocenters. The third-order valence-corrected chi connectivity index (χ3v) is 3.83. The monoisotopic (exact) mass is 219 g/mol. The first-order valence-corrected chi connectivity index (χ1v) is 6.19. The second-order valence-electron chi connectivity index (χ2n) is 4.78. The van der Waals surface area contributed by atoms with Crippen LogP contribution in [-0.2, 0) is 19.3 Å². The summed E-state index contributed by atoms with van der Waals surface area (Å²) in [6.45, 7) is 0. The van der Waals surface area contributed by atoms with Crippen LogP contribution in [0.2, 0.25) is 0 Å². The average molecular weight is 219 g/mol. The van der Waals surface area contributed by atoms with E-state index in [0.29, 0.717) is 0 Å². The van der Waals surface area contributed by atoms with E-state index < -0.39 is 0 Å². The van der Waals surface area contributed by atoms with Crippen molar-refractivity contribution in [3.8, 4) is 11.1 Å². The van der Waals surface area contributed by atoms with Crippen molar-refractivity contribution >= 4 is 11.9 Å². The lowest BCUT2D eigenvalue weighted by Crippen LogP contribution is -2.04. The van der Waals surface area contributed by atoms with Gasteiger partial charge in [-0.1, -0.05) is 36.4 Å². The lowest BCUT2D eigenvalue weighted by Gasteiger charge is -2.21. The Labute approximate surface area is 101 Å². The molecule has 0 spiro atoms. The van der Waals surface area contributed by atoms with Gasteiger partial charge in [-0.3, -0.25) is 4.99 Å². The van der Waals surface area contributed by atoms with E-state index in [2.05, 4.69) is 41.4 Å². The van der Waals surface area contributed by atoms with E-state index in [-0.39, 0.29) is 0 Å². The Morgan fingerprint density at radius 3 is 2.65 bits per heavy atom. The van der Waals surface area contributed by atoms with Crippen molar-refractivity contribution in [3.05, 3.63) is 53.1 Å². The summed E-state index contributed by atoms with van der Waals surface area (Å²) in [6, 6.07) is 13.3. The van der Waals surface area contributed by atoms with Crippen molar-refractivity contribution in [2.45, 2.75) is 19.3 Å². The first-order chi connectivity index (χ1) is 8.43. The van der Waals surface area contributed by atoms with Crippen LogP contribution in [0.15, 0.2) is 41.4 Å². The lowest BCUT2D eigenvalue weighted by atomic mass is 9.83. The first kappa shape index (κ1) is 9.17. The molecular formula is C16H13N. The molecule has 4 rings (SSSR count). The van der Waals surface area contributed by atoms with Gasteiger partial charge in [0.25, 0.3) is 0 Å². The fourth-order valence-corrected chi connectivity index (χ4v) is 2.98. The second kappa shape index (κ2) is 3.30. The molecule has 1 heteroatoms. The molecule has 1 aliphatic carbocycles. The number of fused-ring (bicyclic) bond motifs is 5. The van der Waals surface area contributed by atoms with Crippen molar-refractivity contribution in [3.63, 3.8) is 0 Å². The summed E-state index contributed by atoms with van der Waals surface area (Å²) in [7, 11) is 0. The molecule has 0 saturated carbocycles. The summed E-state index contributed by atoms with van der Waals surface area (Å²) in [5.74, 6) is 0. The zero-order valence-electron chi connectivity index (χ0n) is 9.61. The van der Waals surface area contributed by atoms with E-state index in [0.717, 1.165) is 19.3 Å². The average Bonchev–Trinajstić information content (AvgIpc) is 2.86. The van der Waals surface area contributed by atoms with Crippen LogP contribution in [0.3, 0.4) is 0 Å². The topological polar surface area (TPSA) is 12.4 Å². The number of hydrogen-bond donors (Lipinski definition) is 0. The van der Waals surface area contributed by atoms with E-state index in [4.69, 9.17) is 0 Å². The van der Waals surface area contributed by atoms with E-state index in [1.165, 1.54) is 33.5 Å². The van der Waals surface area contributed by atoms with Crippen LogP contribution in [0.4, 0.5) is 5.69 Å². The molecule has 2 aromatic carbocycles. The Hall–Kier alpha value is -1.89. The van der Waals surface area contributed by atoms with Crippen LogP contribution in [0.25, 0.3) is 11.1 Å². The zero-order chi connectivity index (χ0) is 11.2. The predicted molar refractivity (Wildman–Crippen MR) is 71.1 cm³/mol. The molecule has 0 fully saturated rings. The Kier molecular flexibility index (Phi) is 1.78. The smallest absolute Gasteiger partial charge is 0.0742 e. The SMILES string of the molecule is C1=Nc2c(ccc3c2-c2ccccc2CC3)C1. The predicted octanol–water partition coefficient (Wildman–Crippen LogP) is 3.71. The maximum Gasteiger partial charge on any atom is 0.0742 e. The van der Waals surface area contributed by atoms with Crippen LogP contribution in [0.5, 0.6) is 0 Å². The summed E-state index contributed by atoms with van der Waals surface area (Å²) < 4.78 is 0. The molecule has 0 amide bonds. The standard InChI is InChI=1S/C16H13N/c1-2-4-14-11(3-1)5-6-12-7-8-13-9-10-17-16(13)15(12)14/h1-4,7-8,10H,5-6,9H2. The van der Waals surface area contributed by atoms with E-state index in [1.54, 1.807) is 0 Å². The van der Waals surface area contributed by atoms with E-state index in [9.17, 15) is 0 Å². The highest BCUT2D eigenvalue weighted by molar-refractivity contribution is 5.90. The van der Waals surface area contributed by atoms with Gasteiger partial charge in [-0.25, -0.2) is 0 Å². The Morgan fingerprint density at radius 1 is 0.824 bits per heavy atom. The molecular weight excluding hydrogens is 206 g/mol. The maximum absolute atomic E-state index is 4.59. The molecule has 1 aliphatic heterocycles. The molecule has 0 atom stereocenters. The fourth-order valence-electron chi connectivity index (χ4n) is 2.98. The Morgan fingerprint density at radius 2 is 1.65 bits per heavy atom. The minimum Gasteiger partial charge on any atom is -0.260 e. The molecule has 0 saturated heterocycles.